The molecule has 0 saturated carbocycles. The van der Waals surface area contributed by atoms with E-state index in [1.54, 1.807) is 23.8 Å². The van der Waals surface area contributed by atoms with E-state index in [2.05, 4.69) is 25.4 Å². The Morgan fingerprint density at radius 2 is 2.17 bits per heavy atom. The number of carbonyl (C=O) groups is 1. The summed E-state index contributed by atoms with van der Waals surface area (Å²) in [4.78, 5) is 36.4. The van der Waals surface area contributed by atoms with Gasteiger partial charge in [-0.3, -0.25) is 14.8 Å². The topological polar surface area (TPSA) is 141 Å². The van der Waals surface area contributed by atoms with E-state index in [0.29, 0.717) is 28.6 Å². The van der Waals surface area contributed by atoms with Crippen molar-refractivity contribution in [2.75, 3.05) is 7.05 Å². The van der Waals surface area contributed by atoms with E-state index in [-0.39, 0.29) is 17.5 Å². The molecule has 0 radical (unpaired) electrons. The number of rotatable bonds is 4. The molecule has 0 aliphatic carbocycles. The van der Waals surface area contributed by atoms with Crippen LogP contribution in [0.3, 0.4) is 0 Å². The molecular formula is C20H19N7O3. The zero-order valence-corrected chi connectivity index (χ0v) is 16.3. The van der Waals surface area contributed by atoms with Crippen LogP contribution >= 0.6 is 0 Å². The highest BCUT2D eigenvalue weighted by Crippen LogP contribution is 2.17. The molecule has 1 aromatic carbocycles. The van der Waals surface area contributed by atoms with Crippen molar-refractivity contribution >= 4 is 17.6 Å². The molecule has 0 spiro atoms. The van der Waals surface area contributed by atoms with Crippen LogP contribution in [0.15, 0.2) is 46.3 Å². The molecule has 0 fully saturated rings. The van der Waals surface area contributed by atoms with Crippen LogP contribution in [0.4, 0.5) is 0 Å². The van der Waals surface area contributed by atoms with Gasteiger partial charge in [-0.05, 0) is 17.7 Å². The Bertz CT molecular complexity index is 1430. The maximum absolute atomic E-state index is 11.4. The van der Waals surface area contributed by atoms with Crippen molar-refractivity contribution in [2.24, 2.45) is 4.99 Å². The van der Waals surface area contributed by atoms with Crippen LogP contribution in [0.25, 0.3) is 23.0 Å². The van der Waals surface area contributed by atoms with Crippen molar-refractivity contribution in [2.45, 2.75) is 13.5 Å². The fourth-order valence-corrected chi connectivity index (χ4v) is 3.09. The molecule has 152 valence electrons. The molecule has 4 aromatic rings. The summed E-state index contributed by atoms with van der Waals surface area (Å²) < 4.78 is 1.58. The van der Waals surface area contributed by atoms with E-state index >= 15 is 0 Å². The third kappa shape index (κ3) is 3.70. The van der Waals surface area contributed by atoms with Crippen molar-refractivity contribution in [1.29, 1.82) is 0 Å². The minimum atomic E-state index is -0.510. The first-order valence-electron chi connectivity index (χ1n) is 9.13. The first-order valence-corrected chi connectivity index (χ1v) is 9.13. The molecule has 30 heavy (non-hydrogen) atoms. The molecule has 10 nitrogen and oxygen atoms in total. The second-order valence-electron chi connectivity index (χ2n) is 6.65. The van der Waals surface area contributed by atoms with Gasteiger partial charge in [-0.15, -0.1) is 0 Å². The van der Waals surface area contributed by atoms with Gasteiger partial charge in [0, 0.05) is 37.4 Å². The van der Waals surface area contributed by atoms with Crippen molar-refractivity contribution < 1.29 is 9.90 Å². The fraction of sp³-hybridized carbons (Fsp3) is 0.150. The van der Waals surface area contributed by atoms with Gasteiger partial charge in [-0.1, -0.05) is 18.2 Å². The highest BCUT2D eigenvalue weighted by atomic mass is 16.3. The molecule has 0 bridgehead atoms. The summed E-state index contributed by atoms with van der Waals surface area (Å²) in [7, 11) is 1.66. The predicted molar refractivity (Wildman–Crippen MR) is 109 cm³/mol. The second kappa shape index (κ2) is 7.66. The van der Waals surface area contributed by atoms with Crippen molar-refractivity contribution in [3.8, 4) is 17.1 Å². The normalized spacial score (nSPS) is 12.6. The largest absolute Gasteiger partial charge is 0.493 e. The number of nitrogens with zero attached hydrogens (tertiary/aromatic N) is 4. The van der Waals surface area contributed by atoms with E-state index in [1.807, 2.05) is 30.3 Å². The average molecular weight is 405 g/mol. The number of amides is 1. The molecule has 0 aliphatic rings. The smallest absolute Gasteiger partial charge is 0.326 e. The van der Waals surface area contributed by atoms with E-state index in [9.17, 15) is 14.7 Å². The van der Waals surface area contributed by atoms with Gasteiger partial charge in [0.25, 0.3) is 0 Å². The minimum Gasteiger partial charge on any atom is -0.493 e. The molecule has 0 atom stereocenters. The molecule has 0 aliphatic heterocycles. The number of imidazole rings is 1. The van der Waals surface area contributed by atoms with Gasteiger partial charge in [-0.2, -0.15) is 9.61 Å². The van der Waals surface area contributed by atoms with Crippen molar-refractivity contribution in [3.05, 3.63) is 69.0 Å². The molecule has 4 N–H and O–H groups in total. The Labute approximate surface area is 169 Å². The Balaban J connectivity index is 1.87. The van der Waals surface area contributed by atoms with Gasteiger partial charge in [-0.25, -0.2) is 9.78 Å². The highest BCUT2D eigenvalue weighted by molar-refractivity contribution is 5.73. The summed E-state index contributed by atoms with van der Waals surface area (Å²) >= 11 is 0. The molecule has 3 heterocycles. The molecule has 3 aromatic heterocycles. The van der Waals surface area contributed by atoms with Gasteiger partial charge in [0.2, 0.25) is 11.8 Å². The standard InChI is InChI=1S/C20H19N7O3/c1-11(28)22-9-12-4-3-5-13(6-12)15-8-17(21-2)27-18(24-15)14(10-23-27)7-16-19(29)26-20(30)25-16/h3-8,10,29H,9H2,1-2H3,(H,22,28)(H2,25,26,30)/b14-7+,21-17?. The Kier molecular flexibility index (Phi) is 4.88. The summed E-state index contributed by atoms with van der Waals surface area (Å²) in [6.07, 6.45) is 3.16. The number of aromatic hydroxyl groups is 1. The number of hydrogen-bond donors (Lipinski definition) is 4. The Hall–Kier alpha value is -4.21. The van der Waals surface area contributed by atoms with Crippen LogP contribution in [-0.4, -0.2) is 42.6 Å². The van der Waals surface area contributed by atoms with E-state index < -0.39 is 5.69 Å². The molecule has 10 heteroatoms. The van der Waals surface area contributed by atoms with Gasteiger partial charge in [0.15, 0.2) is 11.1 Å². The predicted octanol–water partition coefficient (Wildman–Crippen LogP) is -0.167. The summed E-state index contributed by atoms with van der Waals surface area (Å²) in [5.74, 6) is -0.362. The Morgan fingerprint density at radius 1 is 1.33 bits per heavy atom. The van der Waals surface area contributed by atoms with Gasteiger partial charge in [0.05, 0.1) is 11.9 Å². The maximum Gasteiger partial charge on any atom is 0.326 e. The first kappa shape index (κ1) is 19.1. The van der Waals surface area contributed by atoms with Gasteiger partial charge in [0.1, 0.15) is 5.69 Å². The zero-order chi connectivity index (χ0) is 21.3. The van der Waals surface area contributed by atoms with Crippen LogP contribution in [0.2, 0.25) is 0 Å². The van der Waals surface area contributed by atoms with Crippen LogP contribution in [-0.2, 0) is 11.3 Å². The molecule has 0 unspecified atom stereocenters. The quantitative estimate of drug-likeness (QED) is 0.373. The lowest BCUT2D eigenvalue weighted by molar-refractivity contribution is -0.119. The number of carbonyl (C=O) groups excluding carboxylic acids is 1. The van der Waals surface area contributed by atoms with Gasteiger partial charge >= 0.3 is 5.69 Å². The maximum atomic E-state index is 11.4. The lowest BCUT2D eigenvalue weighted by Crippen LogP contribution is -2.19. The van der Waals surface area contributed by atoms with Crippen LogP contribution in [0.1, 0.15) is 18.2 Å². The minimum absolute atomic E-state index is 0.0995. The fourth-order valence-electron chi connectivity index (χ4n) is 3.09. The Morgan fingerprint density at radius 3 is 2.87 bits per heavy atom. The lowest BCUT2D eigenvalue weighted by atomic mass is 10.1. The monoisotopic (exact) mass is 405 g/mol. The van der Waals surface area contributed by atoms with Gasteiger partial charge < -0.3 is 15.4 Å². The summed E-state index contributed by atoms with van der Waals surface area (Å²) in [5, 5.41) is 17.5. The third-order valence-corrected chi connectivity index (χ3v) is 4.51. The molecule has 1 amide bonds. The van der Waals surface area contributed by atoms with Crippen LogP contribution < -0.4 is 21.7 Å². The van der Waals surface area contributed by atoms with E-state index in [4.69, 9.17) is 4.98 Å². The number of nitrogens with one attached hydrogen (secondary N) is 3. The second-order valence-corrected chi connectivity index (χ2v) is 6.65. The zero-order valence-electron chi connectivity index (χ0n) is 16.3. The first-order chi connectivity index (χ1) is 14.4. The summed E-state index contributed by atoms with van der Waals surface area (Å²) in [6.45, 7) is 1.89. The summed E-state index contributed by atoms with van der Waals surface area (Å²) in [5.41, 5.74) is 3.30. The van der Waals surface area contributed by atoms with Crippen molar-refractivity contribution in [1.82, 2.24) is 29.9 Å². The van der Waals surface area contributed by atoms with Crippen LogP contribution in [0, 0.1) is 0 Å². The SMILES string of the molecule is CN=c1cc(-c2cccc(CNC(C)=O)c2)nc2/c(=C/c3[nH]c(=O)[nH]c3O)cnn12. The molecular weight excluding hydrogens is 386 g/mol. The van der Waals surface area contributed by atoms with E-state index in [0.717, 1.165) is 11.1 Å². The number of hydrogen-bond acceptors (Lipinski definition) is 6. The van der Waals surface area contributed by atoms with E-state index in [1.165, 1.54) is 6.92 Å². The number of aromatic amines is 2. The molecule has 0 saturated heterocycles. The number of fused-ring (bicyclic) bond motifs is 1. The molecule has 4 rings (SSSR count). The lowest BCUT2D eigenvalue weighted by Gasteiger charge is -2.06. The number of aromatic nitrogens is 5. The highest BCUT2D eigenvalue weighted by Gasteiger charge is 2.09. The summed E-state index contributed by atoms with van der Waals surface area (Å²) in [6, 6.07) is 9.50. The van der Waals surface area contributed by atoms with Crippen molar-refractivity contribution in [3.63, 3.8) is 0 Å². The number of benzene rings is 1. The number of H-pyrrole nitrogens is 2. The van der Waals surface area contributed by atoms with Crippen LogP contribution in [0.5, 0.6) is 5.88 Å². The third-order valence-electron chi connectivity index (χ3n) is 4.51. The average Bonchev–Trinajstić information content (AvgIpc) is 3.28.